The van der Waals surface area contributed by atoms with Gasteiger partial charge < -0.3 is 16.0 Å². The van der Waals surface area contributed by atoms with Gasteiger partial charge in [-0.15, -0.1) is 0 Å². The van der Waals surface area contributed by atoms with E-state index in [2.05, 4.69) is 20.4 Å². The summed E-state index contributed by atoms with van der Waals surface area (Å²) in [4.78, 5) is 26.5. The van der Waals surface area contributed by atoms with Crippen molar-refractivity contribution in [1.29, 1.82) is 0 Å². The third kappa shape index (κ3) is 3.42. The van der Waals surface area contributed by atoms with Gasteiger partial charge in [0, 0.05) is 30.3 Å². The monoisotopic (exact) mass is 353 g/mol. The number of nitrogens with zero attached hydrogens (tertiary/aromatic N) is 2. The van der Waals surface area contributed by atoms with Gasteiger partial charge in [-0.2, -0.15) is 5.10 Å². The molecule has 1 aliphatic carbocycles. The normalized spacial score (nSPS) is 17.2. The minimum absolute atomic E-state index is 0.284. The van der Waals surface area contributed by atoms with Gasteiger partial charge in [-0.05, 0) is 56.4 Å². The van der Waals surface area contributed by atoms with Gasteiger partial charge in [0.1, 0.15) is 0 Å². The van der Waals surface area contributed by atoms with E-state index >= 15 is 0 Å². The van der Waals surface area contributed by atoms with Gasteiger partial charge in [-0.25, -0.2) is 0 Å². The maximum atomic E-state index is 12.7. The number of aromatic amines is 1. The number of piperidine rings is 1. The molecule has 1 aromatic heterocycles. The number of hydrogen-bond donors (Lipinski definition) is 3. The first kappa shape index (κ1) is 16.6. The van der Waals surface area contributed by atoms with E-state index < -0.39 is 5.91 Å². The Kier molecular flexibility index (Phi) is 4.36. The zero-order chi connectivity index (χ0) is 18.1. The molecular formula is C19H23N5O2. The largest absolute Gasteiger partial charge is 0.370 e. The van der Waals surface area contributed by atoms with Gasteiger partial charge in [0.25, 0.3) is 5.91 Å². The van der Waals surface area contributed by atoms with Crippen LogP contribution >= 0.6 is 0 Å². The number of H-pyrrole nitrogens is 1. The van der Waals surface area contributed by atoms with Crippen molar-refractivity contribution in [3.8, 4) is 0 Å². The highest BCUT2D eigenvalue weighted by atomic mass is 16.2. The molecule has 2 amide bonds. The average molecular weight is 353 g/mol. The quantitative estimate of drug-likeness (QED) is 0.768. The van der Waals surface area contributed by atoms with Crippen LogP contribution in [0.4, 0.5) is 11.4 Å². The van der Waals surface area contributed by atoms with Crippen LogP contribution in [0.2, 0.25) is 0 Å². The molecule has 2 heterocycles. The minimum atomic E-state index is -0.513. The number of benzene rings is 1. The second-order valence-electron chi connectivity index (χ2n) is 7.08. The molecule has 1 aromatic carbocycles. The van der Waals surface area contributed by atoms with Crippen LogP contribution in [0.15, 0.2) is 24.3 Å². The SMILES string of the molecule is NC(=O)c1ccc(N2CCCCC2)c(NC(=O)c2cc(C3CC3)[nH]n2)c1. The van der Waals surface area contributed by atoms with Crippen LogP contribution in [0, 0.1) is 0 Å². The zero-order valence-corrected chi connectivity index (χ0v) is 14.6. The van der Waals surface area contributed by atoms with Crippen LogP contribution in [-0.4, -0.2) is 35.1 Å². The first-order chi connectivity index (χ1) is 12.6. The Morgan fingerprint density at radius 2 is 1.92 bits per heavy atom. The van der Waals surface area contributed by atoms with Crippen LogP contribution in [-0.2, 0) is 0 Å². The van der Waals surface area contributed by atoms with Gasteiger partial charge in [0.05, 0.1) is 11.4 Å². The number of hydrogen-bond acceptors (Lipinski definition) is 4. The number of aromatic nitrogens is 2. The molecule has 0 radical (unpaired) electrons. The van der Waals surface area contributed by atoms with Gasteiger partial charge in [0.15, 0.2) is 5.69 Å². The standard InChI is InChI=1S/C19H23N5O2/c20-18(25)13-6-7-17(24-8-2-1-3-9-24)15(10-13)21-19(26)16-11-14(22-23-16)12-4-5-12/h6-7,10-12H,1-5,8-9H2,(H2,20,25)(H,21,26)(H,22,23). The highest BCUT2D eigenvalue weighted by Crippen LogP contribution is 2.39. The summed E-state index contributed by atoms with van der Waals surface area (Å²) in [6.07, 6.45) is 5.74. The van der Waals surface area contributed by atoms with Crippen LogP contribution in [0.3, 0.4) is 0 Å². The molecule has 0 bridgehead atoms. The number of rotatable bonds is 5. The van der Waals surface area contributed by atoms with Gasteiger partial charge in [0.2, 0.25) is 5.91 Å². The predicted molar refractivity (Wildman–Crippen MR) is 99.5 cm³/mol. The number of carbonyl (C=O) groups excluding carboxylic acids is 2. The third-order valence-electron chi connectivity index (χ3n) is 5.07. The van der Waals surface area contributed by atoms with Crippen LogP contribution in [0.25, 0.3) is 0 Å². The molecule has 2 fully saturated rings. The third-order valence-corrected chi connectivity index (χ3v) is 5.07. The maximum absolute atomic E-state index is 12.7. The molecule has 0 atom stereocenters. The van der Waals surface area contributed by atoms with Crippen molar-refractivity contribution in [3.63, 3.8) is 0 Å². The number of anilines is 2. The van der Waals surface area contributed by atoms with Crippen molar-refractivity contribution < 1.29 is 9.59 Å². The molecule has 1 saturated carbocycles. The molecule has 2 aliphatic rings. The van der Waals surface area contributed by atoms with E-state index in [1.54, 1.807) is 12.1 Å². The van der Waals surface area contributed by atoms with E-state index in [-0.39, 0.29) is 5.91 Å². The van der Waals surface area contributed by atoms with E-state index in [9.17, 15) is 9.59 Å². The molecule has 26 heavy (non-hydrogen) atoms. The molecule has 136 valence electrons. The van der Waals surface area contributed by atoms with Crippen LogP contribution in [0.5, 0.6) is 0 Å². The summed E-state index contributed by atoms with van der Waals surface area (Å²) in [7, 11) is 0. The van der Waals surface area contributed by atoms with Crippen molar-refractivity contribution in [3.05, 3.63) is 41.2 Å². The second-order valence-corrected chi connectivity index (χ2v) is 7.08. The molecule has 7 nitrogen and oxygen atoms in total. The highest BCUT2D eigenvalue weighted by Gasteiger charge is 2.27. The smallest absolute Gasteiger partial charge is 0.276 e. The molecule has 4 N–H and O–H groups in total. The first-order valence-corrected chi connectivity index (χ1v) is 9.17. The Balaban J connectivity index is 1.60. The van der Waals surface area contributed by atoms with E-state index in [4.69, 9.17) is 5.73 Å². The van der Waals surface area contributed by atoms with E-state index in [0.29, 0.717) is 22.9 Å². The van der Waals surface area contributed by atoms with E-state index in [0.717, 1.165) is 50.2 Å². The average Bonchev–Trinajstić information content (AvgIpc) is 3.39. The lowest BCUT2D eigenvalue weighted by Gasteiger charge is -2.30. The molecular weight excluding hydrogens is 330 g/mol. The lowest BCUT2D eigenvalue weighted by atomic mass is 10.1. The number of primary amides is 1. The number of nitrogens with two attached hydrogens (primary N) is 1. The van der Waals surface area contributed by atoms with E-state index in [1.807, 2.05) is 12.1 Å². The van der Waals surface area contributed by atoms with Crippen molar-refractivity contribution in [2.45, 2.75) is 38.0 Å². The summed E-state index contributed by atoms with van der Waals surface area (Å²) in [5.74, 6) is -0.291. The lowest BCUT2D eigenvalue weighted by Crippen LogP contribution is -2.30. The molecule has 1 saturated heterocycles. The van der Waals surface area contributed by atoms with Gasteiger partial charge >= 0.3 is 0 Å². The van der Waals surface area contributed by atoms with E-state index in [1.165, 1.54) is 6.42 Å². The summed E-state index contributed by atoms with van der Waals surface area (Å²) in [5, 5.41) is 10.00. The summed E-state index contributed by atoms with van der Waals surface area (Å²) >= 11 is 0. The molecule has 7 heteroatoms. The Hall–Kier alpha value is -2.83. The lowest BCUT2D eigenvalue weighted by molar-refractivity contribution is 0.0995. The predicted octanol–water partition coefficient (Wildman–Crippen LogP) is 2.63. The Labute approximate surface area is 151 Å². The fraction of sp³-hybridized carbons (Fsp3) is 0.421. The van der Waals surface area contributed by atoms with Crippen LogP contribution in [0.1, 0.15) is 64.6 Å². The highest BCUT2D eigenvalue weighted by molar-refractivity contribution is 6.06. The molecule has 4 rings (SSSR count). The molecule has 0 unspecified atom stereocenters. The number of amides is 2. The second kappa shape index (κ2) is 6.82. The maximum Gasteiger partial charge on any atom is 0.276 e. The number of carbonyl (C=O) groups is 2. The Morgan fingerprint density at radius 3 is 2.62 bits per heavy atom. The fourth-order valence-corrected chi connectivity index (χ4v) is 3.44. The Morgan fingerprint density at radius 1 is 1.15 bits per heavy atom. The van der Waals surface area contributed by atoms with Crippen molar-refractivity contribution in [2.75, 3.05) is 23.3 Å². The van der Waals surface area contributed by atoms with Crippen molar-refractivity contribution in [2.24, 2.45) is 5.73 Å². The Bertz CT molecular complexity index is 834. The van der Waals surface area contributed by atoms with Gasteiger partial charge in [-0.3, -0.25) is 14.7 Å². The van der Waals surface area contributed by atoms with Crippen molar-refractivity contribution in [1.82, 2.24) is 10.2 Å². The molecule has 0 spiro atoms. The molecule has 1 aliphatic heterocycles. The summed E-state index contributed by atoms with van der Waals surface area (Å²) in [5.41, 5.74) is 8.68. The fourth-order valence-electron chi connectivity index (χ4n) is 3.44. The number of nitrogens with one attached hydrogen (secondary N) is 2. The summed E-state index contributed by atoms with van der Waals surface area (Å²) in [6.45, 7) is 1.88. The van der Waals surface area contributed by atoms with Crippen molar-refractivity contribution >= 4 is 23.2 Å². The van der Waals surface area contributed by atoms with Crippen LogP contribution < -0.4 is 16.0 Å². The minimum Gasteiger partial charge on any atom is -0.370 e. The zero-order valence-electron chi connectivity index (χ0n) is 14.6. The molecule has 2 aromatic rings. The summed E-state index contributed by atoms with van der Waals surface area (Å²) < 4.78 is 0. The topological polar surface area (TPSA) is 104 Å². The van der Waals surface area contributed by atoms with Gasteiger partial charge in [-0.1, -0.05) is 0 Å². The summed E-state index contributed by atoms with van der Waals surface area (Å²) in [6, 6.07) is 7.03. The first-order valence-electron chi connectivity index (χ1n) is 9.17.